The van der Waals surface area contributed by atoms with Crippen molar-refractivity contribution >= 4 is 5.82 Å². The summed E-state index contributed by atoms with van der Waals surface area (Å²) in [5.74, 6) is 2.53. The first-order chi connectivity index (χ1) is 13.7. The van der Waals surface area contributed by atoms with Gasteiger partial charge in [-0.1, -0.05) is 50.2 Å². The highest BCUT2D eigenvalue weighted by Crippen LogP contribution is 2.33. The predicted molar refractivity (Wildman–Crippen MR) is 115 cm³/mol. The molecule has 1 N–H and O–H groups in total. The number of hydrogen-bond donors (Lipinski definition) is 1. The van der Waals surface area contributed by atoms with Crippen LogP contribution in [0.5, 0.6) is 5.75 Å². The van der Waals surface area contributed by atoms with Crippen LogP contribution < -0.4 is 10.1 Å². The molecular formula is C24H29N3O. The highest BCUT2D eigenvalue weighted by atomic mass is 16.5. The summed E-state index contributed by atoms with van der Waals surface area (Å²) >= 11 is 0. The normalized spacial score (nSPS) is 13.7. The van der Waals surface area contributed by atoms with E-state index in [0.717, 1.165) is 36.6 Å². The first-order valence-electron chi connectivity index (χ1n) is 10.2. The number of benzene rings is 2. The van der Waals surface area contributed by atoms with E-state index in [0.29, 0.717) is 5.92 Å². The summed E-state index contributed by atoms with van der Waals surface area (Å²) in [7, 11) is 1.73. The molecule has 146 valence electrons. The second-order valence-corrected chi connectivity index (χ2v) is 7.77. The van der Waals surface area contributed by atoms with Gasteiger partial charge in [0.1, 0.15) is 11.6 Å². The number of nitrogens with zero attached hydrogens (tertiary/aromatic N) is 2. The van der Waals surface area contributed by atoms with Gasteiger partial charge in [0.15, 0.2) is 0 Å². The fourth-order valence-electron chi connectivity index (χ4n) is 4.09. The zero-order chi connectivity index (χ0) is 19.5. The Morgan fingerprint density at radius 2 is 1.86 bits per heavy atom. The molecule has 0 saturated heterocycles. The van der Waals surface area contributed by atoms with Crippen molar-refractivity contribution in [2.24, 2.45) is 0 Å². The quantitative estimate of drug-likeness (QED) is 0.654. The van der Waals surface area contributed by atoms with Crippen molar-refractivity contribution in [1.29, 1.82) is 0 Å². The van der Waals surface area contributed by atoms with Gasteiger partial charge in [-0.3, -0.25) is 0 Å². The number of methoxy groups -OCH3 is 1. The molecule has 0 unspecified atom stereocenters. The van der Waals surface area contributed by atoms with Crippen molar-refractivity contribution < 1.29 is 4.74 Å². The van der Waals surface area contributed by atoms with E-state index in [1.54, 1.807) is 7.11 Å². The summed E-state index contributed by atoms with van der Waals surface area (Å²) in [6.07, 6.45) is 4.23. The molecule has 1 aromatic heterocycles. The third-order valence-electron chi connectivity index (χ3n) is 5.55. The van der Waals surface area contributed by atoms with E-state index in [4.69, 9.17) is 9.84 Å². The highest BCUT2D eigenvalue weighted by molar-refractivity contribution is 5.57. The molecule has 0 saturated carbocycles. The molecule has 2 heterocycles. The first kappa shape index (κ1) is 18.6. The maximum absolute atomic E-state index is 5.58. The van der Waals surface area contributed by atoms with Crippen molar-refractivity contribution in [1.82, 2.24) is 9.78 Å². The van der Waals surface area contributed by atoms with Gasteiger partial charge in [0.2, 0.25) is 0 Å². The van der Waals surface area contributed by atoms with Crippen LogP contribution in [-0.4, -0.2) is 23.4 Å². The fourth-order valence-corrected chi connectivity index (χ4v) is 4.09. The van der Waals surface area contributed by atoms with Gasteiger partial charge in [-0.05, 0) is 42.9 Å². The zero-order valence-electron chi connectivity index (χ0n) is 17.0. The summed E-state index contributed by atoms with van der Waals surface area (Å²) in [5, 5.41) is 8.78. The fraction of sp³-hybridized carbons (Fsp3) is 0.375. The number of rotatable bonds is 5. The minimum absolute atomic E-state index is 0.444. The van der Waals surface area contributed by atoms with Crippen LogP contribution in [-0.2, 0) is 12.8 Å². The molecule has 0 atom stereocenters. The minimum Gasteiger partial charge on any atom is -0.496 e. The minimum atomic E-state index is 0.444. The number of aromatic nitrogens is 2. The third-order valence-corrected chi connectivity index (χ3v) is 5.55. The van der Waals surface area contributed by atoms with Crippen LogP contribution in [0.1, 0.15) is 55.0 Å². The lowest BCUT2D eigenvalue weighted by atomic mass is 10.0. The van der Waals surface area contributed by atoms with Crippen LogP contribution in [0.3, 0.4) is 0 Å². The lowest BCUT2D eigenvalue weighted by Gasteiger charge is -2.15. The van der Waals surface area contributed by atoms with Crippen molar-refractivity contribution in [3.63, 3.8) is 0 Å². The summed E-state index contributed by atoms with van der Waals surface area (Å²) < 4.78 is 7.72. The van der Waals surface area contributed by atoms with Gasteiger partial charge in [-0.15, -0.1) is 0 Å². The molecule has 1 aliphatic heterocycles. The van der Waals surface area contributed by atoms with Gasteiger partial charge in [0.05, 0.1) is 18.5 Å². The average molecular weight is 376 g/mol. The van der Waals surface area contributed by atoms with Gasteiger partial charge >= 0.3 is 0 Å². The summed E-state index contributed by atoms with van der Waals surface area (Å²) in [5.41, 5.74) is 6.17. The molecule has 4 rings (SSSR count). The summed E-state index contributed by atoms with van der Waals surface area (Å²) in [4.78, 5) is 0. The summed E-state index contributed by atoms with van der Waals surface area (Å²) in [6.45, 7) is 5.48. The van der Waals surface area contributed by atoms with E-state index >= 15 is 0 Å². The predicted octanol–water partition coefficient (Wildman–Crippen LogP) is 5.34. The Balaban J connectivity index is 1.83. The van der Waals surface area contributed by atoms with E-state index in [1.807, 2.05) is 12.1 Å². The largest absolute Gasteiger partial charge is 0.496 e. The van der Waals surface area contributed by atoms with Crippen LogP contribution in [0.4, 0.5) is 5.82 Å². The molecule has 2 aromatic carbocycles. The van der Waals surface area contributed by atoms with Gasteiger partial charge in [0.25, 0.3) is 0 Å². The van der Waals surface area contributed by atoms with E-state index in [9.17, 15) is 0 Å². The van der Waals surface area contributed by atoms with Gasteiger partial charge in [-0.2, -0.15) is 5.10 Å². The molecule has 4 nitrogen and oxygen atoms in total. The van der Waals surface area contributed by atoms with Crippen LogP contribution >= 0.6 is 0 Å². The Morgan fingerprint density at radius 3 is 2.68 bits per heavy atom. The molecule has 0 aliphatic carbocycles. The van der Waals surface area contributed by atoms with Gasteiger partial charge < -0.3 is 10.1 Å². The number of para-hydroxylation sites is 2. The molecule has 4 heteroatoms. The maximum atomic E-state index is 5.58. The monoisotopic (exact) mass is 375 g/mol. The molecule has 0 amide bonds. The second kappa shape index (κ2) is 8.09. The van der Waals surface area contributed by atoms with Crippen molar-refractivity contribution in [3.8, 4) is 11.4 Å². The number of ether oxygens (including phenoxy) is 1. The smallest absolute Gasteiger partial charge is 0.133 e. The Morgan fingerprint density at radius 1 is 1.07 bits per heavy atom. The molecule has 0 radical (unpaired) electrons. The third kappa shape index (κ3) is 3.51. The van der Waals surface area contributed by atoms with E-state index in [1.165, 1.54) is 35.2 Å². The summed E-state index contributed by atoms with van der Waals surface area (Å²) in [6, 6.07) is 16.9. The van der Waals surface area contributed by atoms with Gasteiger partial charge in [0, 0.05) is 24.1 Å². The number of nitrogens with one attached hydrogen (secondary N) is 1. The Labute approximate surface area is 167 Å². The van der Waals surface area contributed by atoms with Crippen LogP contribution in [0.2, 0.25) is 0 Å². The molecular weight excluding hydrogens is 346 g/mol. The van der Waals surface area contributed by atoms with E-state index in [2.05, 4.69) is 60.2 Å². The average Bonchev–Trinajstić information content (AvgIpc) is 2.89. The number of anilines is 1. The highest BCUT2D eigenvalue weighted by Gasteiger charge is 2.23. The van der Waals surface area contributed by atoms with E-state index < -0.39 is 0 Å². The standard InChI is InChI=1S/C24H29N3O/c1-17(2)19-11-5-6-13-22(19)27-24-20(12-8-9-15-25-24)21(26-27)16-18-10-4-7-14-23(18)28-3/h4-7,10-11,13-14,17,25H,8-9,12,15-16H2,1-3H3. The topological polar surface area (TPSA) is 39.1 Å². The van der Waals surface area contributed by atoms with Crippen LogP contribution in [0.25, 0.3) is 5.69 Å². The SMILES string of the molecule is COc1ccccc1Cc1nn(-c2ccccc2C(C)C)c2c1CCCCN2. The molecule has 0 spiro atoms. The zero-order valence-corrected chi connectivity index (χ0v) is 17.0. The first-order valence-corrected chi connectivity index (χ1v) is 10.2. The number of fused-ring (bicyclic) bond motifs is 1. The van der Waals surface area contributed by atoms with Crippen molar-refractivity contribution in [2.45, 2.75) is 45.4 Å². The van der Waals surface area contributed by atoms with Crippen molar-refractivity contribution in [2.75, 3.05) is 19.0 Å². The lowest BCUT2D eigenvalue weighted by molar-refractivity contribution is 0.410. The molecule has 3 aromatic rings. The van der Waals surface area contributed by atoms with Crippen molar-refractivity contribution in [3.05, 3.63) is 70.9 Å². The molecule has 1 aliphatic rings. The Hall–Kier alpha value is -2.75. The number of hydrogen-bond acceptors (Lipinski definition) is 3. The van der Waals surface area contributed by atoms with E-state index in [-0.39, 0.29) is 0 Å². The maximum Gasteiger partial charge on any atom is 0.133 e. The Bertz CT molecular complexity index is 958. The second-order valence-electron chi connectivity index (χ2n) is 7.77. The lowest BCUT2D eigenvalue weighted by Crippen LogP contribution is -2.09. The van der Waals surface area contributed by atoms with Crippen LogP contribution in [0, 0.1) is 0 Å². The van der Waals surface area contributed by atoms with Gasteiger partial charge in [-0.25, -0.2) is 4.68 Å². The molecule has 0 bridgehead atoms. The molecule has 0 fully saturated rings. The molecule has 28 heavy (non-hydrogen) atoms. The Kier molecular flexibility index (Phi) is 5.38. The van der Waals surface area contributed by atoms with Crippen LogP contribution in [0.15, 0.2) is 48.5 Å².